The van der Waals surface area contributed by atoms with E-state index in [-0.39, 0.29) is 0 Å². The van der Waals surface area contributed by atoms with Crippen LogP contribution in [0.3, 0.4) is 0 Å². The van der Waals surface area contributed by atoms with E-state index in [9.17, 15) is 9.90 Å². The molecule has 2 bridgehead atoms. The highest BCUT2D eigenvalue weighted by atomic mass is 16.4. The van der Waals surface area contributed by atoms with Crippen LogP contribution in [0.2, 0.25) is 0 Å². The van der Waals surface area contributed by atoms with Gasteiger partial charge in [-0.1, -0.05) is 26.0 Å². The van der Waals surface area contributed by atoms with Gasteiger partial charge in [0.25, 0.3) is 0 Å². The topological polar surface area (TPSA) is 37.3 Å². The number of fused-ring (bicyclic) bond motifs is 2. The van der Waals surface area contributed by atoms with Gasteiger partial charge in [0, 0.05) is 0 Å². The maximum Gasteiger partial charge on any atom is 0.310 e. The quantitative estimate of drug-likeness (QED) is 0.701. The first kappa shape index (κ1) is 9.75. The van der Waals surface area contributed by atoms with Gasteiger partial charge >= 0.3 is 5.97 Å². The molecule has 2 heteroatoms. The summed E-state index contributed by atoms with van der Waals surface area (Å²) in [6.07, 6.45) is 7.09. The van der Waals surface area contributed by atoms with Gasteiger partial charge in [0.1, 0.15) is 0 Å². The van der Waals surface area contributed by atoms with Crippen molar-refractivity contribution in [3.8, 4) is 0 Å². The van der Waals surface area contributed by atoms with E-state index >= 15 is 0 Å². The maximum absolute atomic E-state index is 11.4. The second-order valence-corrected chi connectivity index (χ2v) is 5.25. The molecule has 0 radical (unpaired) electrons. The lowest BCUT2D eigenvalue weighted by Crippen LogP contribution is -2.36. The van der Waals surface area contributed by atoms with Gasteiger partial charge in [0.2, 0.25) is 0 Å². The van der Waals surface area contributed by atoms with E-state index in [1.807, 2.05) is 0 Å². The molecule has 0 saturated heterocycles. The molecule has 78 valence electrons. The molecule has 0 aromatic carbocycles. The summed E-state index contributed by atoms with van der Waals surface area (Å²) in [5.74, 6) is 0.726. The molecule has 14 heavy (non-hydrogen) atoms. The van der Waals surface area contributed by atoms with Crippen molar-refractivity contribution in [3.05, 3.63) is 12.2 Å². The number of hydrogen-bond donors (Lipinski definition) is 1. The molecule has 0 heterocycles. The zero-order chi connectivity index (χ0) is 10.3. The van der Waals surface area contributed by atoms with Gasteiger partial charge in [-0.2, -0.15) is 0 Å². The van der Waals surface area contributed by atoms with Crippen molar-refractivity contribution in [2.75, 3.05) is 0 Å². The largest absolute Gasteiger partial charge is 0.481 e. The Morgan fingerprint density at radius 1 is 1.57 bits per heavy atom. The highest BCUT2D eigenvalue weighted by Gasteiger charge is 2.53. The van der Waals surface area contributed by atoms with E-state index in [0.717, 1.165) is 19.3 Å². The Morgan fingerprint density at radius 3 is 2.64 bits per heavy atom. The molecule has 0 aromatic heterocycles. The van der Waals surface area contributed by atoms with Gasteiger partial charge < -0.3 is 5.11 Å². The number of carboxylic acid groups (broad SMARTS) is 1. The number of aliphatic carboxylic acids is 1. The molecule has 0 unspecified atom stereocenters. The molecule has 0 aromatic rings. The van der Waals surface area contributed by atoms with Crippen LogP contribution >= 0.6 is 0 Å². The fourth-order valence-corrected chi connectivity index (χ4v) is 3.25. The number of allylic oxidation sites excluding steroid dienone is 2. The monoisotopic (exact) mass is 194 g/mol. The minimum absolute atomic E-state index is 0.299. The van der Waals surface area contributed by atoms with Gasteiger partial charge in [-0.15, -0.1) is 0 Å². The summed E-state index contributed by atoms with van der Waals surface area (Å²) in [6, 6.07) is 0. The summed E-state index contributed by atoms with van der Waals surface area (Å²) < 4.78 is 0. The average molecular weight is 194 g/mol. The summed E-state index contributed by atoms with van der Waals surface area (Å²) in [6.45, 7) is 4.22. The van der Waals surface area contributed by atoms with Crippen LogP contribution in [0.25, 0.3) is 0 Å². The van der Waals surface area contributed by atoms with Crippen molar-refractivity contribution >= 4 is 5.97 Å². The molecular formula is C12H18O2. The third-order valence-corrected chi connectivity index (χ3v) is 3.71. The first-order valence-corrected chi connectivity index (χ1v) is 5.46. The van der Waals surface area contributed by atoms with E-state index in [1.54, 1.807) is 0 Å². The van der Waals surface area contributed by atoms with Crippen LogP contribution in [0.5, 0.6) is 0 Å². The van der Waals surface area contributed by atoms with E-state index in [0.29, 0.717) is 17.8 Å². The lowest BCUT2D eigenvalue weighted by atomic mass is 9.70. The SMILES string of the molecule is CC(C)C[C@@]1(C(=O)O)C[C@@H]2C=C[C@H]1C2. The zero-order valence-electron chi connectivity index (χ0n) is 8.86. The maximum atomic E-state index is 11.4. The number of rotatable bonds is 3. The molecule has 3 atom stereocenters. The molecule has 2 nitrogen and oxygen atoms in total. The Bertz CT molecular complexity index is 280. The van der Waals surface area contributed by atoms with Crippen LogP contribution in [0.1, 0.15) is 33.1 Å². The molecule has 1 N–H and O–H groups in total. The van der Waals surface area contributed by atoms with Crippen LogP contribution in [0.4, 0.5) is 0 Å². The third kappa shape index (κ3) is 1.28. The lowest BCUT2D eigenvalue weighted by Gasteiger charge is -2.32. The van der Waals surface area contributed by atoms with Gasteiger partial charge in [0.15, 0.2) is 0 Å². The van der Waals surface area contributed by atoms with Crippen molar-refractivity contribution in [2.45, 2.75) is 33.1 Å². The highest BCUT2D eigenvalue weighted by molar-refractivity contribution is 5.76. The first-order valence-electron chi connectivity index (χ1n) is 5.46. The molecule has 2 aliphatic carbocycles. The van der Waals surface area contributed by atoms with E-state index in [2.05, 4.69) is 26.0 Å². The minimum atomic E-state index is -0.581. The molecular weight excluding hydrogens is 176 g/mol. The molecule has 1 fully saturated rings. The molecule has 0 amide bonds. The van der Waals surface area contributed by atoms with Crippen molar-refractivity contribution in [2.24, 2.45) is 23.2 Å². The van der Waals surface area contributed by atoms with E-state index in [4.69, 9.17) is 0 Å². The van der Waals surface area contributed by atoms with Crippen LogP contribution in [-0.4, -0.2) is 11.1 Å². The summed E-state index contributed by atoms with van der Waals surface area (Å²) in [4.78, 5) is 11.4. The average Bonchev–Trinajstić information content (AvgIpc) is 2.61. The predicted octanol–water partition coefficient (Wildman–Crippen LogP) is 2.70. The summed E-state index contributed by atoms with van der Waals surface area (Å²) in [7, 11) is 0. The highest BCUT2D eigenvalue weighted by Crippen LogP contribution is 2.55. The molecule has 2 rings (SSSR count). The van der Waals surface area contributed by atoms with Crippen LogP contribution < -0.4 is 0 Å². The van der Waals surface area contributed by atoms with E-state index in [1.165, 1.54) is 0 Å². The van der Waals surface area contributed by atoms with Crippen molar-refractivity contribution in [3.63, 3.8) is 0 Å². The van der Waals surface area contributed by atoms with Gasteiger partial charge in [0.05, 0.1) is 5.41 Å². The Kier molecular flexibility index (Phi) is 2.17. The first-order chi connectivity index (χ1) is 6.54. The van der Waals surface area contributed by atoms with E-state index < -0.39 is 11.4 Å². The Labute approximate surface area is 85.0 Å². The van der Waals surface area contributed by atoms with Crippen LogP contribution in [-0.2, 0) is 4.79 Å². The number of carboxylic acids is 1. The predicted molar refractivity (Wildman–Crippen MR) is 54.9 cm³/mol. The Hall–Kier alpha value is -0.790. The fourth-order valence-electron chi connectivity index (χ4n) is 3.25. The lowest BCUT2D eigenvalue weighted by molar-refractivity contribution is -0.151. The summed E-state index contributed by atoms with van der Waals surface area (Å²) in [5, 5.41) is 9.40. The van der Waals surface area contributed by atoms with Crippen molar-refractivity contribution < 1.29 is 9.90 Å². The van der Waals surface area contributed by atoms with Crippen LogP contribution in [0.15, 0.2) is 12.2 Å². The minimum Gasteiger partial charge on any atom is -0.481 e. The molecule has 2 aliphatic rings. The normalized spacial score (nSPS) is 39.6. The second-order valence-electron chi connectivity index (χ2n) is 5.25. The van der Waals surface area contributed by atoms with Gasteiger partial charge in [-0.3, -0.25) is 4.79 Å². The summed E-state index contributed by atoms with van der Waals surface area (Å²) >= 11 is 0. The number of carbonyl (C=O) groups is 1. The van der Waals surface area contributed by atoms with Crippen LogP contribution in [0, 0.1) is 23.2 Å². The molecule has 0 spiro atoms. The fraction of sp³-hybridized carbons (Fsp3) is 0.750. The standard InChI is InChI=1S/C12H18O2/c1-8(2)6-12(11(13)14)7-9-3-4-10(12)5-9/h3-4,8-10H,5-7H2,1-2H3,(H,13,14)/t9-,10+,12-/m1/s1. The van der Waals surface area contributed by atoms with Crippen molar-refractivity contribution in [1.29, 1.82) is 0 Å². The smallest absolute Gasteiger partial charge is 0.310 e. The molecule has 0 aliphatic heterocycles. The zero-order valence-corrected chi connectivity index (χ0v) is 8.86. The third-order valence-electron chi connectivity index (χ3n) is 3.71. The second kappa shape index (κ2) is 3.11. The molecule has 1 saturated carbocycles. The number of hydrogen-bond acceptors (Lipinski definition) is 1. The van der Waals surface area contributed by atoms with Gasteiger partial charge in [-0.05, 0) is 37.0 Å². The van der Waals surface area contributed by atoms with Crippen molar-refractivity contribution in [1.82, 2.24) is 0 Å². The Balaban J connectivity index is 2.24. The Morgan fingerprint density at radius 2 is 2.29 bits per heavy atom. The van der Waals surface area contributed by atoms with Gasteiger partial charge in [-0.25, -0.2) is 0 Å². The summed E-state index contributed by atoms with van der Waals surface area (Å²) in [5.41, 5.74) is -0.437.